The molecule has 1 amide bonds. The molecule has 1 atom stereocenters. The zero-order valence-corrected chi connectivity index (χ0v) is 8.48. The van der Waals surface area contributed by atoms with Crippen LogP contribution in [0.3, 0.4) is 0 Å². The van der Waals surface area contributed by atoms with Crippen molar-refractivity contribution in [2.75, 3.05) is 19.1 Å². The summed E-state index contributed by atoms with van der Waals surface area (Å²) in [5.41, 5.74) is 0. The van der Waals surface area contributed by atoms with E-state index in [-0.39, 0.29) is 11.9 Å². The standard InChI is InChI=1S/C8H14NO2S/c1-7(11)9(2)8(6-10)4-5-12-3/h8H,4-5H2,1-3H3. The van der Waals surface area contributed by atoms with Crippen molar-refractivity contribution in [1.82, 2.24) is 4.90 Å². The van der Waals surface area contributed by atoms with E-state index in [1.165, 1.54) is 11.8 Å². The Morgan fingerprint density at radius 3 is 2.58 bits per heavy atom. The predicted molar refractivity (Wildman–Crippen MR) is 50.9 cm³/mol. The van der Waals surface area contributed by atoms with E-state index in [0.29, 0.717) is 6.42 Å². The fourth-order valence-corrected chi connectivity index (χ4v) is 1.24. The van der Waals surface area contributed by atoms with E-state index in [4.69, 9.17) is 0 Å². The van der Waals surface area contributed by atoms with E-state index >= 15 is 0 Å². The van der Waals surface area contributed by atoms with Gasteiger partial charge in [-0.25, -0.2) is 0 Å². The van der Waals surface area contributed by atoms with Crippen LogP contribution in [0, 0.1) is 0 Å². The molecule has 1 radical (unpaired) electrons. The largest absolute Gasteiger partial charge is 0.335 e. The zero-order valence-electron chi connectivity index (χ0n) is 7.66. The Bertz CT molecular complexity index is 161. The van der Waals surface area contributed by atoms with Gasteiger partial charge in [-0.05, 0) is 18.4 Å². The molecule has 0 saturated heterocycles. The first-order valence-electron chi connectivity index (χ1n) is 3.73. The molecule has 0 aliphatic rings. The van der Waals surface area contributed by atoms with Gasteiger partial charge in [0.1, 0.15) is 0 Å². The van der Waals surface area contributed by atoms with Gasteiger partial charge in [0, 0.05) is 14.0 Å². The molecule has 4 heteroatoms. The number of likely N-dealkylation sites (N-methyl/N-ethyl adjacent to an activating group) is 1. The van der Waals surface area contributed by atoms with Crippen LogP contribution in [0.15, 0.2) is 0 Å². The van der Waals surface area contributed by atoms with Crippen molar-refractivity contribution >= 4 is 24.0 Å². The summed E-state index contributed by atoms with van der Waals surface area (Å²) in [6.07, 6.45) is 4.51. The molecule has 0 aliphatic carbocycles. The number of carbonyl (C=O) groups excluding carboxylic acids is 2. The van der Waals surface area contributed by atoms with E-state index in [1.54, 1.807) is 18.8 Å². The molecule has 0 aromatic rings. The quantitative estimate of drug-likeness (QED) is 0.637. The minimum Gasteiger partial charge on any atom is -0.335 e. The van der Waals surface area contributed by atoms with Crippen LogP contribution in [-0.2, 0) is 9.59 Å². The van der Waals surface area contributed by atoms with Crippen molar-refractivity contribution in [2.24, 2.45) is 0 Å². The number of thioether (sulfide) groups is 1. The van der Waals surface area contributed by atoms with Gasteiger partial charge >= 0.3 is 0 Å². The molecule has 3 nitrogen and oxygen atoms in total. The van der Waals surface area contributed by atoms with Gasteiger partial charge in [0.2, 0.25) is 12.2 Å². The molecular weight excluding hydrogens is 174 g/mol. The summed E-state index contributed by atoms with van der Waals surface area (Å²) in [4.78, 5) is 22.7. The van der Waals surface area contributed by atoms with Gasteiger partial charge in [0.25, 0.3) is 0 Å². The van der Waals surface area contributed by atoms with E-state index in [9.17, 15) is 9.59 Å². The molecule has 0 aromatic heterocycles. The molecule has 0 heterocycles. The van der Waals surface area contributed by atoms with Gasteiger partial charge in [-0.1, -0.05) is 0 Å². The highest BCUT2D eigenvalue weighted by Crippen LogP contribution is 2.04. The third-order valence-electron chi connectivity index (χ3n) is 1.70. The van der Waals surface area contributed by atoms with Crippen LogP contribution in [0.25, 0.3) is 0 Å². The summed E-state index contributed by atoms with van der Waals surface area (Å²) in [6.45, 7) is 1.45. The molecule has 0 spiro atoms. The number of carbonyl (C=O) groups is 1. The molecule has 0 rings (SSSR count). The van der Waals surface area contributed by atoms with Crippen LogP contribution in [0.5, 0.6) is 0 Å². The minimum atomic E-state index is -0.380. The van der Waals surface area contributed by atoms with Crippen LogP contribution in [-0.4, -0.2) is 42.2 Å². The van der Waals surface area contributed by atoms with Crippen molar-refractivity contribution in [3.8, 4) is 0 Å². The Morgan fingerprint density at radius 1 is 1.67 bits per heavy atom. The summed E-state index contributed by atoms with van der Waals surface area (Å²) < 4.78 is 0. The first-order chi connectivity index (χ1) is 5.63. The molecule has 0 fully saturated rings. The minimum absolute atomic E-state index is 0.0931. The SMILES string of the molecule is CSCCC([C]=O)N(C)C(C)=O. The summed E-state index contributed by atoms with van der Waals surface area (Å²) in [7, 11) is 1.62. The first kappa shape index (κ1) is 11.5. The summed E-state index contributed by atoms with van der Waals surface area (Å²) in [6, 6.07) is -0.380. The van der Waals surface area contributed by atoms with Gasteiger partial charge in [0.15, 0.2) is 0 Å². The van der Waals surface area contributed by atoms with Crippen molar-refractivity contribution in [3.63, 3.8) is 0 Å². The van der Waals surface area contributed by atoms with Crippen LogP contribution >= 0.6 is 11.8 Å². The number of rotatable bonds is 5. The molecule has 0 aliphatic heterocycles. The molecule has 0 aromatic carbocycles. The fourth-order valence-electron chi connectivity index (χ4n) is 0.781. The summed E-state index contributed by atoms with van der Waals surface area (Å²) >= 11 is 1.66. The molecular formula is C8H14NO2S. The number of amides is 1. The van der Waals surface area contributed by atoms with E-state index in [1.807, 2.05) is 12.5 Å². The maximum atomic E-state index is 10.8. The molecule has 0 saturated carbocycles. The second-order valence-electron chi connectivity index (χ2n) is 2.55. The van der Waals surface area contributed by atoms with Gasteiger partial charge in [-0.2, -0.15) is 11.8 Å². The summed E-state index contributed by atoms with van der Waals surface area (Å²) in [5.74, 6) is 0.779. The molecule has 0 bridgehead atoms. The second-order valence-corrected chi connectivity index (χ2v) is 3.53. The third-order valence-corrected chi connectivity index (χ3v) is 2.34. The topological polar surface area (TPSA) is 37.4 Å². The van der Waals surface area contributed by atoms with Crippen LogP contribution < -0.4 is 0 Å². The second kappa shape index (κ2) is 6.06. The van der Waals surface area contributed by atoms with E-state index in [2.05, 4.69) is 0 Å². The van der Waals surface area contributed by atoms with Gasteiger partial charge < -0.3 is 4.90 Å². The Morgan fingerprint density at radius 2 is 2.25 bits per heavy atom. The Labute approximate surface area is 77.5 Å². The highest BCUT2D eigenvalue weighted by atomic mass is 32.2. The number of hydrogen-bond acceptors (Lipinski definition) is 3. The fraction of sp³-hybridized carbons (Fsp3) is 0.750. The normalized spacial score (nSPS) is 12.2. The van der Waals surface area contributed by atoms with Gasteiger partial charge in [-0.15, -0.1) is 0 Å². The van der Waals surface area contributed by atoms with Crippen molar-refractivity contribution in [2.45, 2.75) is 19.4 Å². The van der Waals surface area contributed by atoms with Crippen molar-refractivity contribution in [3.05, 3.63) is 0 Å². The Kier molecular flexibility index (Phi) is 5.80. The average molecular weight is 188 g/mol. The van der Waals surface area contributed by atoms with Crippen molar-refractivity contribution < 1.29 is 9.59 Å². The summed E-state index contributed by atoms with van der Waals surface area (Å²) in [5, 5.41) is 0. The molecule has 0 N–H and O–H groups in total. The maximum absolute atomic E-state index is 10.8. The lowest BCUT2D eigenvalue weighted by molar-refractivity contribution is -0.128. The average Bonchev–Trinajstić information content (AvgIpc) is 2.05. The van der Waals surface area contributed by atoms with Gasteiger partial charge in [-0.3, -0.25) is 9.59 Å². The first-order valence-corrected chi connectivity index (χ1v) is 5.12. The molecule has 1 unspecified atom stereocenters. The van der Waals surface area contributed by atoms with Crippen LogP contribution in [0.1, 0.15) is 13.3 Å². The van der Waals surface area contributed by atoms with E-state index < -0.39 is 0 Å². The van der Waals surface area contributed by atoms with Crippen LogP contribution in [0.4, 0.5) is 0 Å². The number of nitrogens with zero attached hydrogens (tertiary/aromatic N) is 1. The smallest absolute Gasteiger partial charge is 0.223 e. The van der Waals surface area contributed by atoms with E-state index in [0.717, 1.165) is 5.75 Å². The number of hydrogen-bond donors (Lipinski definition) is 0. The maximum Gasteiger partial charge on any atom is 0.223 e. The lowest BCUT2D eigenvalue weighted by Crippen LogP contribution is -2.36. The monoisotopic (exact) mass is 188 g/mol. The Hall–Kier alpha value is -0.510. The highest BCUT2D eigenvalue weighted by Gasteiger charge is 2.15. The van der Waals surface area contributed by atoms with Gasteiger partial charge in [0.05, 0.1) is 6.04 Å². The lowest BCUT2D eigenvalue weighted by Gasteiger charge is -2.20. The van der Waals surface area contributed by atoms with Crippen LogP contribution in [0.2, 0.25) is 0 Å². The highest BCUT2D eigenvalue weighted by molar-refractivity contribution is 7.98. The predicted octanol–water partition coefficient (Wildman–Crippen LogP) is 0.696. The molecule has 69 valence electrons. The zero-order chi connectivity index (χ0) is 9.56. The third kappa shape index (κ3) is 3.76. The Balaban J connectivity index is 3.95. The lowest BCUT2D eigenvalue weighted by atomic mass is 10.2. The van der Waals surface area contributed by atoms with Crippen molar-refractivity contribution in [1.29, 1.82) is 0 Å². The molecule has 12 heavy (non-hydrogen) atoms.